The zero-order valence-electron chi connectivity index (χ0n) is 11.0. The van der Waals surface area contributed by atoms with Crippen LogP contribution in [0.15, 0.2) is 36.4 Å². The minimum Gasteiger partial charge on any atom is -0.349 e. The van der Waals surface area contributed by atoms with E-state index in [1.807, 2.05) is 24.3 Å². The lowest BCUT2D eigenvalue weighted by Gasteiger charge is -2.12. The van der Waals surface area contributed by atoms with Crippen LogP contribution in [-0.4, -0.2) is 11.9 Å². The Kier molecular flexibility index (Phi) is 3.41. The first-order valence-corrected chi connectivity index (χ1v) is 6.57. The minimum absolute atomic E-state index is 0.119. The molecule has 0 heterocycles. The third-order valence-corrected chi connectivity index (χ3v) is 3.63. The molecule has 0 saturated heterocycles. The molecule has 0 atom stereocenters. The predicted octanol–water partition coefficient (Wildman–Crippen LogP) is 3.00. The standard InChI is InChI=1S/C16H12F3NO/c17-13-7-11(8-14(18)15(13)19)16(21)20-12-5-9-3-1-2-4-10(9)6-12/h1-4,7-8,12H,5-6H2,(H,20,21). The van der Waals surface area contributed by atoms with E-state index in [4.69, 9.17) is 0 Å². The molecule has 2 aromatic carbocycles. The van der Waals surface area contributed by atoms with E-state index in [9.17, 15) is 18.0 Å². The molecule has 5 heteroatoms. The van der Waals surface area contributed by atoms with Gasteiger partial charge in [-0.25, -0.2) is 13.2 Å². The number of amides is 1. The summed E-state index contributed by atoms with van der Waals surface area (Å²) in [6, 6.07) is 9.11. The van der Waals surface area contributed by atoms with Gasteiger partial charge in [0, 0.05) is 11.6 Å². The Morgan fingerprint density at radius 1 is 1.00 bits per heavy atom. The van der Waals surface area contributed by atoms with Gasteiger partial charge in [-0.1, -0.05) is 24.3 Å². The molecule has 2 nitrogen and oxygen atoms in total. The van der Waals surface area contributed by atoms with Gasteiger partial charge in [-0.2, -0.15) is 0 Å². The maximum absolute atomic E-state index is 13.1. The van der Waals surface area contributed by atoms with Gasteiger partial charge in [0.2, 0.25) is 0 Å². The van der Waals surface area contributed by atoms with Crippen LogP contribution < -0.4 is 5.32 Å². The van der Waals surface area contributed by atoms with Crippen molar-refractivity contribution in [1.82, 2.24) is 5.32 Å². The van der Waals surface area contributed by atoms with Crippen molar-refractivity contribution >= 4 is 5.91 Å². The summed E-state index contributed by atoms with van der Waals surface area (Å²) in [6.07, 6.45) is 1.35. The molecular weight excluding hydrogens is 279 g/mol. The predicted molar refractivity (Wildman–Crippen MR) is 71.4 cm³/mol. The van der Waals surface area contributed by atoms with E-state index in [1.54, 1.807) is 0 Å². The van der Waals surface area contributed by atoms with Crippen molar-refractivity contribution in [2.24, 2.45) is 0 Å². The largest absolute Gasteiger partial charge is 0.349 e. The lowest BCUT2D eigenvalue weighted by molar-refractivity contribution is 0.0937. The molecule has 0 bridgehead atoms. The van der Waals surface area contributed by atoms with Crippen LogP contribution in [0, 0.1) is 17.5 Å². The van der Waals surface area contributed by atoms with Gasteiger partial charge in [-0.05, 0) is 36.1 Å². The smallest absolute Gasteiger partial charge is 0.251 e. The Hall–Kier alpha value is -2.30. The van der Waals surface area contributed by atoms with E-state index in [-0.39, 0.29) is 11.6 Å². The van der Waals surface area contributed by atoms with Crippen molar-refractivity contribution in [1.29, 1.82) is 0 Å². The van der Waals surface area contributed by atoms with Gasteiger partial charge >= 0.3 is 0 Å². The van der Waals surface area contributed by atoms with Crippen molar-refractivity contribution in [3.63, 3.8) is 0 Å². The van der Waals surface area contributed by atoms with Crippen LogP contribution in [0.2, 0.25) is 0 Å². The van der Waals surface area contributed by atoms with Gasteiger partial charge < -0.3 is 5.32 Å². The molecule has 2 aromatic rings. The second kappa shape index (κ2) is 5.24. The van der Waals surface area contributed by atoms with Gasteiger partial charge in [-0.3, -0.25) is 4.79 Å². The summed E-state index contributed by atoms with van der Waals surface area (Å²) in [7, 11) is 0. The first-order valence-electron chi connectivity index (χ1n) is 6.57. The minimum atomic E-state index is -1.57. The fraction of sp³-hybridized carbons (Fsp3) is 0.188. The highest BCUT2D eigenvalue weighted by Crippen LogP contribution is 2.22. The van der Waals surface area contributed by atoms with Gasteiger partial charge in [0.25, 0.3) is 5.91 Å². The number of rotatable bonds is 2. The van der Waals surface area contributed by atoms with Crippen LogP contribution in [0.25, 0.3) is 0 Å². The number of hydrogen-bond donors (Lipinski definition) is 1. The number of carbonyl (C=O) groups is 1. The van der Waals surface area contributed by atoms with E-state index in [0.29, 0.717) is 25.0 Å². The van der Waals surface area contributed by atoms with Crippen molar-refractivity contribution in [2.45, 2.75) is 18.9 Å². The fourth-order valence-corrected chi connectivity index (χ4v) is 2.62. The van der Waals surface area contributed by atoms with E-state index in [2.05, 4.69) is 5.32 Å². The summed E-state index contributed by atoms with van der Waals surface area (Å²) in [5.74, 6) is -4.91. The summed E-state index contributed by atoms with van der Waals surface area (Å²) in [6.45, 7) is 0. The quantitative estimate of drug-likeness (QED) is 0.847. The summed E-state index contributed by atoms with van der Waals surface area (Å²) >= 11 is 0. The third kappa shape index (κ3) is 2.63. The molecule has 1 aliphatic rings. The van der Waals surface area contributed by atoms with Crippen LogP contribution in [0.3, 0.4) is 0 Å². The molecule has 0 saturated carbocycles. The Bertz CT molecular complexity index is 666. The average Bonchev–Trinajstić information content (AvgIpc) is 2.86. The molecule has 0 aliphatic heterocycles. The van der Waals surface area contributed by atoms with Crippen molar-refractivity contribution in [2.75, 3.05) is 0 Å². The number of hydrogen-bond acceptors (Lipinski definition) is 1. The molecule has 1 aliphatic carbocycles. The molecular formula is C16H12F3NO. The molecule has 0 unspecified atom stereocenters. The highest BCUT2D eigenvalue weighted by molar-refractivity contribution is 5.94. The molecule has 1 amide bonds. The zero-order valence-corrected chi connectivity index (χ0v) is 11.0. The maximum Gasteiger partial charge on any atom is 0.251 e. The second-order valence-corrected chi connectivity index (χ2v) is 5.10. The summed E-state index contributed by atoms with van der Waals surface area (Å²) in [4.78, 5) is 12.0. The van der Waals surface area contributed by atoms with Crippen LogP contribution in [0.4, 0.5) is 13.2 Å². The number of benzene rings is 2. The highest BCUT2D eigenvalue weighted by Gasteiger charge is 2.23. The van der Waals surface area contributed by atoms with Gasteiger partial charge in [-0.15, -0.1) is 0 Å². The normalized spacial score (nSPS) is 14.0. The Balaban J connectivity index is 1.74. The molecule has 0 fully saturated rings. The summed E-state index contributed by atoms with van der Waals surface area (Å²) in [5.41, 5.74) is 2.08. The summed E-state index contributed by atoms with van der Waals surface area (Å²) in [5, 5.41) is 2.72. The molecule has 0 spiro atoms. The van der Waals surface area contributed by atoms with Crippen LogP contribution in [0.1, 0.15) is 21.5 Å². The molecule has 21 heavy (non-hydrogen) atoms. The van der Waals surface area contributed by atoms with Crippen LogP contribution in [0.5, 0.6) is 0 Å². The maximum atomic E-state index is 13.1. The van der Waals surface area contributed by atoms with Crippen molar-refractivity contribution < 1.29 is 18.0 Å². The average molecular weight is 291 g/mol. The molecule has 3 rings (SSSR count). The molecule has 1 N–H and O–H groups in total. The highest BCUT2D eigenvalue weighted by atomic mass is 19.2. The Morgan fingerprint density at radius 2 is 1.52 bits per heavy atom. The number of carbonyl (C=O) groups excluding carboxylic acids is 1. The topological polar surface area (TPSA) is 29.1 Å². The molecule has 0 radical (unpaired) electrons. The van der Waals surface area contributed by atoms with Crippen LogP contribution in [-0.2, 0) is 12.8 Å². The monoisotopic (exact) mass is 291 g/mol. The lowest BCUT2D eigenvalue weighted by atomic mass is 10.1. The SMILES string of the molecule is O=C(NC1Cc2ccccc2C1)c1cc(F)c(F)c(F)c1. The van der Waals surface area contributed by atoms with Gasteiger partial charge in [0.15, 0.2) is 17.5 Å². The lowest BCUT2D eigenvalue weighted by Crippen LogP contribution is -2.35. The third-order valence-electron chi connectivity index (χ3n) is 3.63. The number of nitrogens with one attached hydrogen (secondary N) is 1. The first kappa shape index (κ1) is 13.7. The Labute approximate surface area is 119 Å². The first-order chi connectivity index (χ1) is 10.0. The van der Waals surface area contributed by atoms with Crippen molar-refractivity contribution in [3.8, 4) is 0 Å². The van der Waals surface area contributed by atoms with E-state index >= 15 is 0 Å². The molecule has 0 aromatic heterocycles. The van der Waals surface area contributed by atoms with E-state index in [0.717, 1.165) is 11.1 Å². The number of halogens is 3. The van der Waals surface area contributed by atoms with E-state index in [1.165, 1.54) is 0 Å². The van der Waals surface area contributed by atoms with Crippen molar-refractivity contribution in [3.05, 3.63) is 70.5 Å². The molecule has 108 valence electrons. The Morgan fingerprint density at radius 3 is 2.05 bits per heavy atom. The second-order valence-electron chi connectivity index (χ2n) is 5.10. The number of fused-ring (bicyclic) bond motifs is 1. The van der Waals surface area contributed by atoms with Gasteiger partial charge in [0.1, 0.15) is 0 Å². The van der Waals surface area contributed by atoms with Crippen LogP contribution >= 0.6 is 0 Å². The summed E-state index contributed by atoms with van der Waals surface area (Å²) < 4.78 is 39.1. The van der Waals surface area contributed by atoms with Gasteiger partial charge in [0.05, 0.1) is 0 Å². The zero-order chi connectivity index (χ0) is 15.0. The van der Waals surface area contributed by atoms with E-state index < -0.39 is 23.4 Å². The fourth-order valence-electron chi connectivity index (χ4n) is 2.62.